The third kappa shape index (κ3) is 2.88. The summed E-state index contributed by atoms with van der Waals surface area (Å²) in [5.41, 5.74) is 0.364. The number of Topliss-reactive ketones (excluding diaryl/α,β-unsaturated/α-hetero) is 1. The zero-order valence-corrected chi connectivity index (χ0v) is 8.84. The second kappa shape index (κ2) is 4.81. The maximum Gasteiger partial charge on any atom is 0.434 e. The lowest BCUT2D eigenvalue weighted by molar-refractivity contribution is -0.128. The lowest BCUT2D eigenvalue weighted by atomic mass is 10.1. The first-order valence-electron chi connectivity index (χ1n) is 4.01. The van der Waals surface area contributed by atoms with Gasteiger partial charge in [-0.25, -0.2) is 8.98 Å². The summed E-state index contributed by atoms with van der Waals surface area (Å²) in [7, 11) is 0. The Morgan fingerprint density at radius 1 is 1.14 bits per heavy atom. The van der Waals surface area contributed by atoms with Gasteiger partial charge < -0.3 is 0 Å². The van der Waals surface area contributed by atoms with Gasteiger partial charge in [0.1, 0.15) is 12.5 Å². The predicted molar refractivity (Wildman–Crippen MR) is 56.1 cm³/mol. The predicted octanol–water partition coefficient (Wildman–Crippen LogP) is 1.21. The molecular formula is C10H11O3S+. The Bertz CT molecular complexity index is 332. The van der Waals surface area contributed by atoms with E-state index in [1.165, 1.54) is 0 Å². The van der Waals surface area contributed by atoms with E-state index in [4.69, 9.17) is 4.18 Å². The molecular weight excluding hydrogens is 200 g/mol. The van der Waals surface area contributed by atoms with Crippen LogP contribution in [0.1, 0.15) is 10.4 Å². The molecule has 0 aliphatic rings. The fraction of sp³-hybridized carbons (Fsp3) is 0.200. The van der Waals surface area contributed by atoms with Crippen LogP contribution in [0.2, 0.25) is 0 Å². The van der Waals surface area contributed by atoms with Gasteiger partial charge in [0.2, 0.25) is 0 Å². The minimum atomic E-state index is -0.787. The molecule has 0 N–H and O–H groups in total. The maximum atomic E-state index is 11.4. The van der Waals surface area contributed by atoms with E-state index in [2.05, 4.69) is 0 Å². The van der Waals surface area contributed by atoms with E-state index in [-0.39, 0.29) is 0 Å². The number of hydrogen-bond acceptors (Lipinski definition) is 3. The van der Waals surface area contributed by atoms with Crippen molar-refractivity contribution in [3.8, 4) is 0 Å². The van der Waals surface area contributed by atoms with Gasteiger partial charge in [-0.3, -0.25) is 4.79 Å². The topological polar surface area (TPSA) is 43.4 Å². The second-order valence-corrected chi connectivity index (χ2v) is 4.46. The molecule has 0 aliphatic heterocycles. The first-order valence-corrected chi connectivity index (χ1v) is 5.97. The smallest absolute Gasteiger partial charge is 0.281 e. The normalized spacial score (nSPS) is 9.93. The molecule has 0 heterocycles. The molecule has 0 atom stereocenters. The summed E-state index contributed by atoms with van der Waals surface area (Å²) in [5, 5.41) is 0. The van der Waals surface area contributed by atoms with Crippen LogP contribution in [0.5, 0.6) is 0 Å². The van der Waals surface area contributed by atoms with Crippen LogP contribution in [0.4, 0.5) is 0 Å². The van der Waals surface area contributed by atoms with Crippen molar-refractivity contribution in [3.05, 3.63) is 35.9 Å². The Morgan fingerprint density at radius 3 is 2.21 bits per heavy atom. The quantitative estimate of drug-likeness (QED) is 0.429. The van der Waals surface area contributed by atoms with E-state index in [0.717, 1.165) is 0 Å². The monoisotopic (exact) mass is 211 g/mol. The summed E-state index contributed by atoms with van der Waals surface area (Å²) >= 11 is -0.510. The maximum absolute atomic E-state index is 11.4. The molecule has 0 amide bonds. The largest absolute Gasteiger partial charge is 0.434 e. The molecule has 0 aromatic heterocycles. The zero-order chi connectivity index (χ0) is 10.6. The molecule has 4 heteroatoms. The van der Waals surface area contributed by atoms with E-state index >= 15 is 0 Å². The van der Waals surface area contributed by atoms with Gasteiger partial charge in [0.15, 0.2) is 11.2 Å². The molecule has 0 saturated carbocycles. The summed E-state index contributed by atoms with van der Waals surface area (Å²) < 4.78 is 4.81. The van der Waals surface area contributed by atoms with Gasteiger partial charge in [-0.15, -0.1) is 0 Å². The summed E-state index contributed by atoms with van der Waals surface area (Å²) in [4.78, 5) is 22.6. The van der Waals surface area contributed by atoms with Crippen molar-refractivity contribution in [1.82, 2.24) is 0 Å². The number of carbonyl (C=O) groups is 2. The van der Waals surface area contributed by atoms with Crippen LogP contribution in [0.25, 0.3) is 0 Å². The van der Waals surface area contributed by atoms with Crippen molar-refractivity contribution >= 4 is 22.9 Å². The molecule has 0 bridgehead atoms. The highest BCUT2D eigenvalue weighted by Gasteiger charge is 2.23. The van der Waals surface area contributed by atoms with Crippen LogP contribution in [-0.4, -0.2) is 24.3 Å². The number of benzene rings is 1. The minimum absolute atomic E-state index is 0.364. The summed E-state index contributed by atoms with van der Waals surface area (Å²) in [5.74, 6) is -1.38. The third-order valence-electron chi connectivity index (χ3n) is 1.46. The van der Waals surface area contributed by atoms with Crippen LogP contribution in [0, 0.1) is 0 Å². The number of ketones is 1. The van der Waals surface area contributed by atoms with Gasteiger partial charge in [-0.1, -0.05) is 30.3 Å². The van der Waals surface area contributed by atoms with Crippen LogP contribution < -0.4 is 0 Å². The zero-order valence-electron chi connectivity index (χ0n) is 8.02. The average molecular weight is 211 g/mol. The molecule has 0 spiro atoms. The molecule has 0 fully saturated rings. The Labute approximate surface area is 85.6 Å². The average Bonchev–Trinajstić information content (AvgIpc) is 2.17. The Hall–Kier alpha value is -1.29. The third-order valence-corrected chi connectivity index (χ3v) is 1.95. The first-order chi connectivity index (χ1) is 6.61. The molecule has 0 saturated heterocycles. The van der Waals surface area contributed by atoms with Crippen LogP contribution in [0.15, 0.2) is 30.3 Å². The molecule has 3 nitrogen and oxygen atoms in total. The van der Waals surface area contributed by atoms with Gasteiger partial charge in [0.05, 0.1) is 0 Å². The fourth-order valence-corrected chi connectivity index (χ4v) is 1.28. The van der Waals surface area contributed by atoms with Gasteiger partial charge in [0.25, 0.3) is 5.78 Å². The van der Waals surface area contributed by atoms with E-state index in [9.17, 15) is 9.59 Å². The lowest BCUT2D eigenvalue weighted by Gasteiger charge is -1.97. The Morgan fingerprint density at radius 2 is 1.71 bits per heavy atom. The molecule has 0 unspecified atom stereocenters. The van der Waals surface area contributed by atoms with Gasteiger partial charge >= 0.3 is 5.97 Å². The van der Waals surface area contributed by atoms with E-state index < -0.39 is 22.9 Å². The van der Waals surface area contributed by atoms with E-state index in [1.54, 1.807) is 42.8 Å². The van der Waals surface area contributed by atoms with E-state index in [0.29, 0.717) is 5.56 Å². The molecule has 0 radical (unpaired) electrons. The minimum Gasteiger partial charge on any atom is -0.281 e. The van der Waals surface area contributed by atoms with Gasteiger partial charge in [0, 0.05) is 5.56 Å². The van der Waals surface area contributed by atoms with Crippen LogP contribution in [-0.2, 0) is 20.2 Å². The van der Waals surface area contributed by atoms with Crippen LogP contribution in [0.3, 0.4) is 0 Å². The molecule has 0 aliphatic carbocycles. The van der Waals surface area contributed by atoms with Gasteiger partial charge in [-0.2, -0.15) is 0 Å². The SMILES string of the molecule is C[S+](C)OC(=O)C(=O)c1ccccc1. The van der Waals surface area contributed by atoms with Crippen molar-refractivity contribution < 1.29 is 13.8 Å². The molecule has 14 heavy (non-hydrogen) atoms. The van der Waals surface area contributed by atoms with Crippen molar-refractivity contribution in [1.29, 1.82) is 0 Å². The van der Waals surface area contributed by atoms with Gasteiger partial charge in [-0.05, 0) is 0 Å². The standard InChI is InChI=1S/C10H11O3S/c1-14(2)13-10(12)9(11)8-6-4-3-5-7-8/h3-7H,1-2H3/q+1. The lowest BCUT2D eigenvalue weighted by Crippen LogP contribution is -2.20. The summed E-state index contributed by atoms with van der Waals surface area (Å²) in [6.07, 6.45) is 3.46. The van der Waals surface area contributed by atoms with E-state index in [1.807, 2.05) is 0 Å². The Balaban J connectivity index is 2.72. The van der Waals surface area contributed by atoms with Crippen molar-refractivity contribution in [2.24, 2.45) is 0 Å². The van der Waals surface area contributed by atoms with Crippen LogP contribution >= 0.6 is 0 Å². The summed E-state index contributed by atoms with van der Waals surface area (Å²) in [6.45, 7) is 0. The highest BCUT2D eigenvalue weighted by molar-refractivity contribution is 7.91. The summed E-state index contributed by atoms with van der Waals surface area (Å²) in [6, 6.07) is 8.38. The van der Waals surface area contributed by atoms with Crippen molar-refractivity contribution in [3.63, 3.8) is 0 Å². The number of rotatable bonds is 3. The molecule has 1 rings (SSSR count). The molecule has 74 valence electrons. The molecule has 1 aromatic carbocycles. The second-order valence-electron chi connectivity index (χ2n) is 2.81. The molecule has 1 aromatic rings. The highest BCUT2D eigenvalue weighted by atomic mass is 32.2. The first kappa shape index (κ1) is 10.8. The van der Waals surface area contributed by atoms with Crippen molar-refractivity contribution in [2.45, 2.75) is 0 Å². The van der Waals surface area contributed by atoms with Crippen molar-refractivity contribution in [2.75, 3.05) is 12.5 Å². The number of hydrogen-bond donors (Lipinski definition) is 0. The highest BCUT2D eigenvalue weighted by Crippen LogP contribution is 2.02. The fourth-order valence-electron chi connectivity index (χ4n) is 0.897. The Kier molecular flexibility index (Phi) is 3.71. The number of carbonyl (C=O) groups excluding carboxylic acids is 2.